The second kappa shape index (κ2) is 6.05. The molecule has 2 aliphatic heterocycles. The first-order valence-corrected chi connectivity index (χ1v) is 8.09. The summed E-state index contributed by atoms with van der Waals surface area (Å²) in [6.45, 7) is 1.98. The van der Waals surface area contributed by atoms with Crippen LogP contribution in [0.15, 0.2) is 45.9 Å². The van der Waals surface area contributed by atoms with E-state index in [-0.39, 0.29) is 12.6 Å². The summed E-state index contributed by atoms with van der Waals surface area (Å²) in [5, 5.41) is 24.1. The third kappa shape index (κ3) is 2.62. The minimum Gasteiger partial charge on any atom is -0.463 e. The number of aryl methyl sites for hydroxylation is 1. The Kier molecular flexibility index (Phi) is 3.88. The quantitative estimate of drug-likeness (QED) is 0.800. The maximum Gasteiger partial charge on any atom is 0.144 e. The maximum absolute atomic E-state index is 9.99. The Morgan fingerprint density at radius 1 is 1.21 bits per heavy atom. The molecule has 4 rings (SSSR count). The number of hydrogen-bond acceptors (Lipinski definition) is 6. The van der Waals surface area contributed by atoms with Crippen LogP contribution in [0.25, 0.3) is 0 Å². The number of aliphatic hydroxyl groups is 2. The summed E-state index contributed by atoms with van der Waals surface area (Å²) in [5.74, 6) is 1.26. The van der Waals surface area contributed by atoms with Gasteiger partial charge >= 0.3 is 0 Å². The van der Waals surface area contributed by atoms with Gasteiger partial charge in [-0.2, -0.15) is 5.10 Å². The van der Waals surface area contributed by atoms with E-state index in [1.807, 2.05) is 31.2 Å². The molecule has 3 N–H and O–H groups in total. The van der Waals surface area contributed by atoms with Crippen molar-refractivity contribution in [3.63, 3.8) is 0 Å². The lowest BCUT2D eigenvalue weighted by molar-refractivity contribution is 0.0117. The molecule has 0 spiro atoms. The second-order valence-corrected chi connectivity index (χ2v) is 6.29. The van der Waals surface area contributed by atoms with Crippen LogP contribution in [-0.2, 0) is 4.74 Å². The van der Waals surface area contributed by atoms with Crippen LogP contribution < -0.4 is 5.43 Å². The van der Waals surface area contributed by atoms with Crippen LogP contribution in [0.1, 0.15) is 41.2 Å². The highest BCUT2D eigenvalue weighted by Crippen LogP contribution is 2.34. The van der Waals surface area contributed by atoms with Crippen molar-refractivity contribution >= 4 is 5.71 Å². The summed E-state index contributed by atoms with van der Waals surface area (Å²) in [5.41, 5.74) is 6.19. The van der Waals surface area contributed by atoms with Gasteiger partial charge in [-0.25, -0.2) is 0 Å². The van der Waals surface area contributed by atoms with Crippen molar-refractivity contribution in [1.82, 2.24) is 5.43 Å². The molecule has 1 fully saturated rings. The van der Waals surface area contributed by atoms with E-state index in [1.165, 1.54) is 5.56 Å². The molecule has 0 amide bonds. The van der Waals surface area contributed by atoms with Crippen molar-refractivity contribution in [1.29, 1.82) is 0 Å². The topological polar surface area (TPSA) is 87.2 Å². The molecule has 0 aliphatic carbocycles. The van der Waals surface area contributed by atoms with Crippen molar-refractivity contribution in [2.45, 2.75) is 37.7 Å². The number of benzene rings is 1. The summed E-state index contributed by atoms with van der Waals surface area (Å²) in [6, 6.07) is 12.2. The van der Waals surface area contributed by atoms with Gasteiger partial charge in [0.2, 0.25) is 0 Å². The average Bonchev–Trinajstić information content (AvgIpc) is 3.29. The first kappa shape index (κ1) is 15.4. The highest BCUT2D eigenvalue weighted by molar-refractivity contribution is 6.02. The van der Waals surface area contributed by atoms with Gasteiger partial charge in [-0.15, -0.1) is 0 Å². The Labute approximate surface area is 139 Å². The van der Waals surface area contributed by atoms with Gasteiger partial charge < -0.3 is 24.8 Å². The molecule has 1 saturated heterocycles. The highest BCUT2D eigenvalue weighted by Gasteiger charge is 2.38. The first-order valence-electron chi connectivity index (χ1n) is 8.09. The molecule has 4 atom stereocenters. The van der Waals surface area contributed by atoms with E-state index in [9.17, 15) is 10.2 Å². The summed E-state index contributed by atoms with van der Waals surface area (Å²) >= 11 is 0. The predicted octanol–water partition coefficient (Wildman–Crippen LogP) is 1.82. The summed E-state index contributed by atoms with van der Waals surface area (Å²) in [6.07, 6.45) is -1.71. The summed E-state index contributed by atoms with van der Waals surface area (Å²) in [7, 11) is 0. The van der Waals surface area contributed by atoms with Crippen molar-refractivity contribution in [2.24, 2.45) is 5.10 Å². The normalized spacial score (nSPS) is 29.5. The Bertz CT molecular complexity index is 756. The van der Waals surface area contributed by atoms with Crippen LogP contribution in [0.5, 0.6) is 0 Å². The number of ether oxygens (including phenoxy) is 1. The number of nitrogens with zero attached hydrogens (tertiary/aromatic N) is 1. The van der Waals surface area contributed by atoms with Gasteiger partial charge in [0, 0.05) is 12.0 Å². The lowest BCUT2D eigenvalue weighted by Gasteiger charge is -2.11. The number of rotatable bonds is 3. The van der Waals surface area contributed by atoms with Crippen LogP contribution in [-0.4, -0.2) is 34.7 Å². The zero-order valence-electron chi connectivity index (χ0n) is 13.3. The van der Waals surface area contributed by atoms with Gasteiger partial charge in [0.05, 0.1) is 18.4 Å². The number of nitrogens with one attached hydrogen (secondary N) is 1. The van der Waals surface area contributed by atoms with Crippen LogP contribution in [0.2, 0.25) is 0 Å². The molecule has 1 aromatic heterocycles. The van der Waals surface area contributed by atoms with Crippen LogP contribution >= 0.6 is 0 Å². The highest BCUT2D eigenvalue weighted by atomic mass is 16.5. The molecule has 0 bridgehead atoms. The largest absolute Gasteiger partial charge is 0.463 e. The molecule has 2 unspecified atom stereocenters. The molecule has 2 aromatic rings. The van der Waals surface area contributed by atoms with Crippen molar-refractivity contribution < 1.29 is 19.4 Å². The lowest BCUT2D eigenvalue weighted by atomic mass is 9.99. The molecular weight excluding hydrogens is 308 g/mol. The number of hydrogen-bond donors (Lipinski definition) is 3. The van der Waals surface area contributed by atoms with Gasteiger partial charge in [0.1, 0.15) is 29.8 Å². The zero-order chi connectivity index (χ0) is 16.7. The average molecular weight is 328 g/mol. The molecule has 126 valence electrons. The van der Waals surface area contributed by atoms with E-state index < -0.39 is 18.3 Å². The number of hydrazone groups is 1. The van der Waals surface area contributed by atoms with Gasteiger partial charge in [-0.3, -0.25) is 0 Å². The van der Waals surface area contributed by atoms with Gasteiger partial charge in [0.15, 0.2) is 0 Å². The van der Waals surface area contributed by atoms with E-state index in [0.29, 0.717) is 5.76 Å². The van der Waals surface area contributed by atoms with Gasteiger partial charge in [0.25, 0.3) is 0 Å². The minimum atomic E-state index is -0.968. The number of aliphatic hydroxyl groups excluding tert-OH is 2. The molecule has 24 heavy (non-hydrogen) atoms. The fraction of sp³-hybridized carbons (Fsp3) is 0.389. The SMILES string of the molecule is Cc1oc(C2OC[C@@H](O)[C@H]2O)cc1C1=NNC(c2ccccc2)C1. The fourth-order valence-corrected chi connectivity index (χ4v) is 3.27. The molecule has 1 aromatic carbocycles. The fourth-order valence-electron chi connectivity index (χ4n) is 3.27. The molecule has 3 heterocycles. The Morgan fingerprint density at radius 2 is 2.00 bits per heavy atom. The molecule has 6 heteroatoms. The molecule has 0 radical (unpaired) electrons. The van der Waals surface area contributed by atoms with Crippen LogP contribution in [0.3, 0.4) is 0 Å². The Morgan fingerprint density at radius 3 is 2.71 bits per heavy atom. The third-order valence-corrected chi connectivity index (χ3v) is 4.63. The van der Waals surface area contributed by atoms with E-state index in [0.717, 1.165) is 23.5 Å². The molecular formula is C18H20N2O4. The van der Waals surface area contributed by atoms with Gasteiger partial charge in [-0.05, 0) is 18.6 Å². The lowest BCUT2D eigenvalue weighted by Crippen LogP contribution is -2.24. The first-order chi connectivity index (χ1) is 11.6. The van der Waals surface area contributed by atoms with Crippen molar-refractivity contribution in [3.8, 4) is 0 Å². The summed E-state index contributed by atoms with van der Waals surface area (Å²) < 4.78 is 11.2. The monoisotopic (exact) mass is 328 g/mol. The number of furan rings is 1. The minimum absolute atomic E-state index is 0.111. The maximum atomic E-state index is 9.99. The van der Waals surface area contributed by atoms with Crippen LogP contribution in [0, 0.1) is 6.92 Å². The Balaban J connectivity index is 1.53. The molecule has 6 nitrogen and oxygen atoms in total. The second-order valence-electron chi connectivity index (χ2n) is 6.29. The predicted molar refractivity (Wildman–Crippen MR) is 87.6 cm³/mol. The zero-order valence-corrected chi connectivity index (χ0v) is 13.3. The van der Waals surface area contributed by atoms with E-state index in [2.05, 4.69) is 22.7 Å². The molecule has 0 saturated carbocycles. The Hall–Kier alpha value is -2.15. The van der Waals surface area contributed by atoms with Crippen LogP contribution in [0.4, 0.5) is 0 Å². The van der Waals surface area contributed by atoms with Crippen molar-refractivity contribution in [2.75, 3.05) is 6.61 Å². The third-order valence-electron chi connectivity index (χ3n) is 4.63. The standard InChI is InChI=1S/C18H20N2O4/c1-10-12(7-16(24-10)18-17(22)15(21)9-23-18)14-8-13(19-20-14)11-5-3-2-4-6-11/h2-7,13,15,17-19,21-22H,8-9H2,1H3/t13?,15-,17-,18?/m1/s1. The van der Waals surface area contributed by atoms with E-state index >= 15 is 0 Å². The smallest absolute Gasteiger partial charge is 0.144 e. The van der Waals surface area contributed by atoms with Gasteiger partial charge in [-0.1, -0.05) is 30.3 Å². The summed E-state index contributed by atoms with van der Waals surface area (Å²) in [4.78, 5) is 0. The van der Waals surface area contributed by atoms with E-state index in [4.69, 9.17) is 9.15 Å². The van der Waals surface area contributed by atoms with E-state index in [1.54, 1.807) is 0 Å². The molecule has 2 aliphatic rings. The van der Waals surface area contributed by atoms with Crippen molar-refractivity contribution in [3.05, 3.63) is 59.0 Å².